The summed E-state index contributed by atoms with van der Waals surface area (Å²) in [5.41, 5.74) is 2.79. The second kappa shape index (κ2) is 13.9. The number of nitrogens with one attached hydrogen (secondary N) is 1. The Kier molecular flexibility index (Phi) is 10.6. The molecule has 3 aromatic carbocycles. The van der Waals surface area contributed by atoms with E-state index in [1.165, 1.54) is 0 Å². The van der Waals surface area contributed by atoms with E-state index in [2.05, 4.69) is 12.2 Å². The first kappa shape index (κ1) is 26.8. The molecule has 0 saturated heterocycles. The summed E-state index contributed by atoms with van der Waals surface area (Å²) in [5, 5.41) is 4.27. The third-order valence-corrected chi connectivity index (χ3v) is 6.51. The van der Waals surface area contributed by atoms with Gasteiger partial charge in [0, 0.05) is 36.0 Å². The number of rotatable bonds is 12. The van der Waals surface area contributed by atoms with Crippen molar-refractivity contribution in [2.75, 3.05) is 6.54 Å². The minimum Gasteiger partial charge on any atom is -0.354 e. The quantitative estimate of drug-likeness (QED) is 0.283. The van der Waals surface area contributed by atoms with Crippen LogP contribution < -0.4 is 5.32 Å². The van der Waals surface area contributed by atoms with Gasteiger partial charge in [0.1, 0.15) is 6.04 Å². The van der Waals surface area contributed by atoms with Gasteiger partial charge in [0.25, 0.3) is 0 Å². The molecular formula is C29H32Cl2N2O2. The molecule has 0 fully saturated rings. The van der Waals surface area contributed by atoms with E-state index in [1.807, 2.05) is 72.8 Å². The van der Waals surface area contributed by atoms with Crippen molar-refractivity contribution in [3.05, 3.63) is 106 Å². The van der Waals surface area contributed by atoms with Crippen LogP contribution in [0.15, 0.2) is 78.9 Å². The normalized spacial score (nSPS) is 11.6. The van der Waals surface area contributed by atoms with E-state index in [-0.39, 0.29) is 18.2 Å². The first-order chi connectivity index (χ1) is 17.0. The van der Waals surface area contributed by atoms with Crippen molar-refractivity contribution in [3.8, 4) is 0 Å². The third-order valence-electron chi connectivity index (χ3n) is 5.91. The summed E-state index contributed by atoms with van der Waals surface area (Å²) in [6, 6.07) is 24.1. The molecule has 0 aliphatic rings. The standard InChI is InChI=1S/C29H32Cl2N2O2/c1-2-3-18-32-29(35)27(20-22-10-5-4-6-11-22)33(21-23-12-9-14-25(30)19-23)28(34)17-16-24-13-7-8-15-26(24)31/h4-15,19,27H,2-3,16-18,20-21H2,1H3,(H,32,35). The number of aryl methyl sites for hydroxylation is 1. The molecular weight excluding hydrogens is 479 g/mol. The second-order valence-corrected chi connectivity index (χ2v) is 9.44. The van der Waals surface area contributed by atoms with E-state index in [1.54, 1.807) is 11.0 Å². The molecule has 184 valence electrons. The van der Waals surface area contributed by atoms with E-state index in [0.29, 0.717) is 36.0 Å². The lowest BCUT2D eigenvalue weighted by atomic mass is 10.0. The molecule has 3 aromatic rings. The highest BCUT2D eigenvalue weighted by Gasteiger charge is 2.30. The van der Waals surface area contributed by atoms with E-state index in [0.717, 1.165) is 29.5 Å². The Morgan fingerprint density at radius 1 is 0.914 bits per heavy atom. The fourth-order valence-electron chi connectivity index (χ4n) is 3.98. The number of carbonyl (C=O) groups excluding carboxylic acids is 2. The molecule has 4 nitrogen and oxygen atoms in total. The maximum absolute atomic E-state index is 13.7. The van der Waals surface area contributed by atoms with Crippen LogP contribution in [0.1, 0.15) is 42.9 Å². The molecule has 35 heavy (non-hydrogen) atoms. The number of nitrogens with zero attached hydrogens (tertiary/aromatic N) is 1. The van der Waals surface area contributed by atoms with E-state index < -0.39 is 6.04 Å². The van der Waals surface area contributed by atoms with E-state index in [4.69, 9.17) is 23.2 Å². The number of amides is 2. The average Bonchev–Trinajstić information content (AvgIpc) is 2.86. The fourth-order valence-corrected chi connectivity index (χ4v) is 4.42. The average molecular weight is 511 g/mol. The first-order valence-corrected chi connectivity index (χ1v) is 12.8. The Balaban J connectivity index is 1.89. The van der Waals surface area contributed by atoms with Crippen LogP contribution in [0.5, 0.6) is 0 Å². The summed E-state index contributed by atoms with van der Waals surface area (Å²) in [5.74, 6) is -0.244. The third kappa shape index (κ3) is 8.41. The lowest BCUT2D eigenvalue weighted by Gasteiger charge is -2.32. The van der Waals surface area contributed by atoms with Gasteiger partial charge >= 0.3 is 0 Å². The fraction of sp³-hybridized carbons (Fsp3) is 0.310. The van der Waals surface area contributed by atoms with Crippen LogP contribution in [0.2, 0.25) is 10.0 Å². The van der Waals surface area contributed by atoms with Crippen LogP contribution in [-0.4, -0.2) is 29.3 Å². The zero-order valence-electron chi connectivity index (χ0n) is 20.1. The van der Waals surface area contributed by atoms with Crippen molar-refractivity contribution in [1.82, 2.24) is 10.2 Å². The lowest BCUT2D eigenvalue weighted by molar-refractivity contribution is -0.141. The molecule has 0 radical (unpaired) electrons. The van der Waals surface area contributed by atoms with Gasteiger partial charge in [-0.1, -0.05) is 97.2 Å². The summed E-state index contributed by atoms with van der Waals surface area (Å²) in [7, 11) is 0. The summed E-state index contributed by atoms with van der Waals surface area (Å²) >= 11 is 12.5. The number of hydrogen-bond donors (Lipinski definition) is 1. The summed E-state index contributed by atoms with van der Waals surface area (Å²) in [6.07, 6.45) is 3.04. The molecule has 0 bridgehead atoms. The second-order valence-electron chi connectivity index (χ2n) is 8.59. The van der Waals surface area contributed by atoms with Gasteiger partial charge in [0.05, 0.1) is 0 Å². The molecule has 1 N–H and O–H groups in total. The van der Waals surface area contributed by atoms with Crippen molar-refractivity contribution < 1.29 is 9.59 Å². The highest BCUT2D eigenvalue weighted by Crippen LogP contribution is 2.21. The number of benzene rings is 3. The highest BCUT2D eigenvalue weighted by molar-refractivity contribution is 6.31. The van der Waals surface area contributed by atoms with Crippen LogP contribution in [0.3, 0.4) is 0 Å². The van der Waals surface area contributed by atoms with Crippen LogP contribution in [0.4, 0.5) is 0 Å². The Labute approximate surface area is 218 Å². The number of hydrogen-bond acceptors (Lipinski definition) is 2. The molecule has 0 aromatic heterocycles. The lowest BCUT2D eigenvalue weighted by Crippen LogP contribution is -2.50. The molecule has 6 heteroatoms. The van der Waals surface area contributed by atoms with Gasteiger partial charge in [-0.3, -0.25) is 9.59 Å². The minimum atomic E-state index is -0.646. The monoisotopic (exact) mass is 510 g/mol. The molecule has 0 aliphatic heterocycles. The Hall–Kier alpha value is -2.82. The zero-order valence-corrected chi connectivity index (χ0v) is 21.6. The van der Waals surface area contributed by atoms with Crippen molar-refractivity contribution in [2.24, 2.45) is 0 Å². The number of halogens is 2. The molecule has 0 saturated carbocycles. The first-order valence-electron chi connectivity index (χ1n) is 12.1. The van der Waals surface area contributed by atoms with Gasteiger partial charge in [0.2, 0.25) is 11.8 Å². The van der Waals surface area contributed by atoms with Crippen molar-refractivity contribution in [2.45, 2.75) is 51.6 Å². The van der Waals surface area contributed by atoms with E-state index >= 15 is 0 Å². The summed E-state index contributed by atoms with van der Waals surface area (Å²) in [6.45, 7) is 2.96. The Bertz CT molecular complexity index is 1100. The maximum Gasteiger partial charge on any atom is 0.243 e. The molecule has 3 rings (SSSR count). The van der Waals surface area contributed by atoms with Gasteiger partial charge < -0.3 is 10.2 Å². The smallest absolute Gasteiger partial charge is 0.243 e. The van der Waals surface area contributed by atoms with Crippen LogP contribution in [-0.2, 0) is 29.0 Å². The predicted molar refractivity (Wildman–Crippen MR) is 144 cm³/mol. The predicted octanol–water partition coefficient (Wildman–Crippen LogP) is 6.48. The van der Waals surface area contributed by atoms with Crippen molar-refractivity contribution in [1.29, 1.82) is 0 Å². The topological polar surface area (TPSA) is 49.4 Å². The minimum absolute atomic E-state index is 0.100. The van der Waals surface area contributed by atoms with Gasteiger partial charge in [-0.05, 0) is 47.7 Å². The van der Waals surface area contributed by atoms with Gasteiger partial charge in [-0.15, -0.1) is 0 Å². The number of unbranched alkanes of at least 4 members (excludes halogenated alkanes) is 1. The summed E-state index contributed by atoms with van der Waals surface area (Å²) in [4.78, 5) is 28.7. The Morgan fingerprint density at radius 3 is 2.34 bits per heavy atom. The van der Waals surface area contributed by atoms with Crippen LogP contribution in [0.25, 0.3) is 0 Å². The highest BCUT2D eigenvalue weighted by atomic mass is 35.5. The Morgan fingerprint density at radius 2 is 1.63 bits per heavy atom. The number of carbonyl (C=O) groups is 2. The molecule has 0 heterocycles. The molecule has 0 aliphatic carbocycles. The van der Waals surface area contributed by atoms with Crippen LogP contribution >= 0.6 is 23.2 Å². The SMILES string of the molecule is CCCCNC(=O)C(Cc1ccccc1)N(Cc1cccc(Cl)c1)C(=O)CCc1ccccc1Cl. The van der Waals surface area contributed by atoms with Gasteiger partial charge in [0.15, 0.2) is 0 Å². The zero-order chi connectivity index (χ0) is 25.0. The molecule has 1 unspecified atom stereocenters. The van der Waals surface area contributed by atoms with Gasteiger partial charge in [-0.25, -0.2) is 0 Å². The van der Waals surface area contributed by atoms with Crippen molar-refractivity contribution in [3.63, 3.8) is 0 Å². The molecule has 2 amide bonds. The van der Waals surface area contributed by atoms with Crippen molar-refractivity contribution >= 4 is 35.0 Å². The van der Waals surface area contributed by atoms with E-state index in [9.17, 15) is 9.59 Å². The maximum atomic E-state index is 13.7. The summed E-state index contributed by atoms with van der Waals surface area (Å²) < 4.78 is 0. The molecule has 1 atom stereocenters. The van der Waals surface area contributed by atoms with Gasteiger partial charge in [-0.2, -0.15) is 0 Å². The largest absolute Gasteiger partial charge is 0.354 e. The van der Waals surface area contributed by atoms with Crippen LogP contribution in [0, 0.1) is 0 Å². The molecule has 0 spiro atoms.